The third kappa shape index (κ3) is 3.18. The van der Waals surface area contributed by atoms with E-state index >= 15 is 0 Å². The predicted molar refractivity (Wildman–Crippen MR) is 79.2 cm³/mol. The van der Waals surface area contributed by atoms with E-state index in [0.29, 0.717) is 30.6 Å². The van der Waals surface area contributed by atoms with Gasteiger partial charge in [0.25, 0.3) is 0 Å². The number of hydrogen-bond donors (Lipinski definition) is 1. The minimum Gasteiger partial charge on any atom is -0.375 e. The minimum atomic E-state index is -0.392. The highest BCUT2D eigenvalue weighted by Crippen LogP contribution is 2.42. The number of rotatable bonds is 7. The van der Waals surface area contributed by atoms with Crippen LogP contribution in [-0.4, -0.2) is 24.3 Å². The fourth-order valence-corrected chi connectivity index (χ4v) is 3.70. The fourth-order valence-electron chi connectivity index (χ4n) is 3.70. The maximum Gasteiger partial charge on any atom is 0.133 e. The molecule has 112 valence electrons. The Kier molecular flexibility index (Phi) is 4.33. The van der Waals surface area contributed by atoms with Gasteiger partial charge in [0, 0.05) is 6.04 Å². The van der Waals surface area contributed by atoms with E-state index in [-0.39, 0.29) is 0 Å². The zero-order chi connectivity index (χ0) is 14.0. The van der Waals surface area contributed by atoms with Gasteiger partial charge in [0.15, 0.2) is 0 Å². The van der Waals surface area contributed by atoms with E-state index in [1.54, 1.807) is 0 Å². The summed E-state index contributed by atoms with van der Waals surface area (Å²) in [7, 11) is 0. The van der Waals surface area contributed by atoms with E-state index in [4.69, 9.17) is 4.74 Å². The molecular weight excluding hydrogens is 248 g/mol. The molecule has 3 aliphatic rings. The van der Waals surface area contributed by atoms with E-state index in [9.17, 15) is 5.26 Å². The molecule has 0 amide bonds. The summed E-state index contributed by atoms with van der Waals surface area (Å²) in [5.41, 5.74) is -0.392. The van der Waals surface area contributed by atoms with Gasteiger partial charge in [-0.05, 0) is 50.4 Å². The first-order valence-corrected chi connectivity index (χ1v) is 8.58. The van der Waals surface area contributed by atoms with Crippen LogP contribution < -0.4 is 5.32 Å². The topological polar surface area (TPSA) is 45.0 Å². The Bertz CT molecular complexity index is 370. The molecule has 3 saturated carbocycles. The molecular formula is C17H28N2O. The molecule has 0 saturated heterocycles. The summed E-state index contributed by atoms with van der Waals surface area (Å²) in [4.78, 5) is 0. The summed E-state index contributed by atoms with van der Waals surface area (Å²) < 4.78 is 6.29. The van der Waals surface area contributed by atoms with E-state index in [1.165, 1.54) is 57.8 Å². The van der Waals surface area contributed by atoms with Crippen molar-refractivity contribution in [2.75, 3.05) is 6.61 Å². The average Bonchev–Trinajstić information content (AvgIpc) is 3.37. The molecule has 0 spiro atoms. The van der Waals surface area contributed by atoms with Crippen molar-refractivity contribution in [2.24, 2.45) is 11.8 Å². The largest absolute Gasteiger partial charge is 0.375 e. The van der Waals surface area contributed by atoms with Crippen molar-refractivity contribution >= 4 is 0 Å². The Morgan fingerprint density at radius 1 is 1.15 bits per heavy atom. The first-order chi connectivity index (χ1) is 9.77. The molecule has 0 aromatic heterocycles. The van der Waals surface area contributed by atoms with Crippen molar-refractivity contribution in [3.05, 3.63) is 0 Å². The molecule has 3 unspecified atom stereocenters. The van der Waals surface area contributed by atoms with Crippen molar-refractivity contribution in [2.45, 2.75) is 82.4 Å². The first-order valence-electron chi connectivity index (χ1n) is 8.58. The second-order valence-electron chi connectivity index (χ2n) is 7.08. The van der Waals surface area contributed by atoms with Gasteiger partial charge in [-0.25, -0.2) is 0 Å². The van der Waals surface area contributed by atoms with Gasteiger partial charge < -0.3 is 4.74 Å². The summed E-state index contributed by atoms with van der Waals surface area (Å²) >= 11 is 0. The minimum absolute atomic E-state index is 0.390. The van der Waals surface area contributed by atoms with Gasteiger partial charge >= 0.3 is 0 Å². The highest BCUT2D eigenvalue weighted by atomic mass is 16.5. The van der Waals surface area contributed by atoms with Crippen molar-refractivity contribution in [3.8, 4) is 6.07 Å². The third-order valence-corrected chi connectivity index (χ3v) is 5.40. The maximum atomic E-state index is 9.72. The molecule has 20 heavy (non-hydrogen) atoms. The molecule has 0 heterocycles. The van der Waals surface area contributed by atoms with Gasteiger partial charge in [-0.15, -0.1) is 0 Å². The average molecular weight is 276 g/mol. The molecule has 3 aliphatic carbocycles. The Morgan fingerprint density at radius 3 is 2.50 bits per heavy atom. The lowest BCUT2D eigenvalue weighted by molar-refractivity contribution is -0.0350. The van der Waals surface area contributed by atoms with Crippen LogP contribution in [0.2, 0.25) is 0 Å². The molecule has 0 aromatic carbocycles. The van der Waals surface area contributed by atoms with Crippen LogP contribution in [0.3, 0.4) is 0 Å². The van der Waals surface area contributed by atoms with Gasteiger partial charge in [-0.3, -0.25) is 5.32 Å². The zero-order valence-corrected chi connectivity index (χ0v) is 12.7. The summed E-state index contributed by atoms with van der Waals surface area (Å²) in [5, 5.41) is 13.3. The van der Waals surface area contributed by atoms with Gasteiger partial charge in [-0.1, -0.05) is 26.2 Å². The van der Waals surface area contributed by atoms with Crippen LogP contribution in [-0.2, 0) is 4.74 Å². The molecule has 3 atom stereocenters. The van der Waals surface area contributed by atoms with E-state index in [0.717, 1.165) is 0 Å². The van der Waals surface area contributed by atoms with E-state index in [2.05, 4.69) is 18.3 Å². The fraction of sp³-hybridized carbons (Fsp3) is 0.941. The van der Waals surface area contributed by atoms with Crippen molar-refractivity contribution in [1.29, 1.82) is 5.26 Å². The second kappa shape index (κ2) is 6.03. The Morgan fingerprint density at radius 2 is 1.90 bits per heavy atom. The SMILES string of the molecule is CCC1CCCCC1OCC(C#N)(NC1CC1)C1CC1. The van der Waals surface area contributed by atoms with E-state index < -0.39 is 5.54 Å². The van der Waals surface area contributed by atoms with Crippen molar-refractivity contribution < 1.29 is 4.74 Å². The normalized spacial score (nSPS) is 33.4. The molecule has 0 aromatic rings. The van der Waals surface area contributed by atoms with Crippen LogP contribution in [0.25, 0.3) is 0 Å². The van der Waals surface area contributed by atoms with Gasteiger partial charge in [0.05, 0.1) is 18.8 Å². The quantitative estimate of drug-likeness (QED) is 0.775. The monoisotopic (exact) mass is 276 g/mol. The van der Waals surface area contributed by atoms with Gasteiger partial charge in [0.1, 0.15) is 5.54 Å². The van der Waals surface area contributed by atoms with Crippen molar-refractivity contribution in [1.82, 2.24) is 5.32 Å². The lowest BCUT2D eigenvalue weighted by Gasteiger charge is -2.35. The van der Waals surface area contributed by atoms with Gasteiger partial charge in [-0.2, -0.15) is 5.26 Å². The molecule has 0 aliphatic heterocycles. The van der Waals surface area contributed by atoms with Crippen LogP contribution in [0.1, 0.15) is 64.7 Å². The highest BCUT2D eigenvalue weighted by molar-refractivity contribution is 5.17. The number of nitrogens with zero attached hydrogens (tertiary/aromatic N) is 1. The molecule has 0 bridgehead atoms. The molecule has 3 rings (SSSR count). The zero-order valence-electron chi connectivity index (χ0n) is 12.7. The Hall–Kier alpha value is -0.590. The molecule has 1 N–H and O–H groups in total. The predicted octanol–water partition coefficient (Wildman–Crippen LogP) is 3.40. The molecule has 3 nitrogen and oxygen atoms in total. The molecule has 3 fully saturated rings. The van der Waals surface area contributed by atoms with Gasteiger partial charge in [0.2, 0.25) is 0 Å². The summed E-state index contributed by atoms with van der Waals surface area (Å²) in [5.74, 6) is 1.23. The van der Waals surface area contributed by atoms with Crippen LogP contribution in [0, 0.1) is 23.2 Å². The van der Waals surface area contributed by atoms with Crippen LogP contribution in [0.4, 0.5) is 0 Å². The summed E-state index contributed by atoms with van der Waals surface area (Å²) in [6, 6.07) is 3.16. The van der Waals surface area contributed by atoms with Crippen LogP contribution >= 0.6 is 0 Å². The van der Waals surface area contributed by atoms with Crippen LogP contribution in [0.5, 0.6) is 0 Å². The Balaban J connectivity index is 1.59. The third-order valence-electron chi connectivity index (χ3n) is 5.40. The number of nitrogens with one attached hydrogen (secondary N) is 1. The lowest BCUT2D eigenvalue weighted by Crippen LogP contribution is -2.52. The number of ether oxygens (including phenoxy) is 1. The number of nitriles is 1. The number of hydrogen-bond acceptors (Lipinski definition) is 3. The maximum absolute atomic E-state index is 9.72. The van der Waals surface area contributed by atoms with Crippen LogP contribution in [0.15, 0.2) is 0 Å². The summed E-state index contributed by atoms with van der Waals surface area (Å²) in [6.07, 6.45) is 11.6. The highest BCUT2D eigenvalue weighted by Gasteiger charge is 2.49. The molecule has 0 radical (unpaired) electrons. The first kappa shape index (κ1) is 14.4. The summed E-state index contributed by atoms with van der Waals surface area (Å²) in [6.45, 7) is 2.87. The standard InChI is InChI=1S/C17H28N2O/c1-2-13-5-3-4-6-16(13)20-12-17(11-18,14-7-8-14)19-15-9-10-15/h13-16,19H,2-10,12H2,1H3. The second-order valence-corrected chi connectivity index (χ2v) is 7.08. The Labute approximate surface area is 123 Å². The van der Waals surface area contributed by atoms with Crippen molar-refractivity contribution in [3.63, 3.8) is 0 Å². The lowest BCUT2D eigenvalue weighted by atomic mass is 9.84. The van der Waals surface area contributed by atoms with E-state index in [1.807, 2.05) is 0 Å². The smallest absolute Gasteiger partial charge is 0.133 e. The molecule has 3 heteroatoms.